The van der Waals surface area contributed by atoms with Gasteiger partial charge in [0.15, 0.2) is 0 Å². The zero-order valence-electron chi connectivity index (χ0n) is 8.52. The third-order valence-corrected chi connectivity index (χ3v) is 2.74. The zero-order chi connectivity index (χ0) is 12.0. The molecule has 0 aromatic heterocycles. The van der Waals surface area contributed by atoms with E-state index in [1.165, 1.54) is 24.3 Å². The molecule has 3 rings (SSSR count). The maximum absolute atomic E-state index is 13.7. The Morgan fingerprint density at radius 1 is 0.765 bits per heavy atom. The molecule has 0 aliphatic heterocycles. The molecule has 0 bridgehead atoms. The quantitative estimate of drug-likeness (QED) is 0.512. The molecule has 0 saturated heterocycles. The molecule has 0 aliphatic rings. The van der Waals surface area contributed by atoms with Crippen molar-refractivity contribution >= 4 is 21.5 Å². The standard InChI is InChI=1S/C14H5F3/c15-11-3-1-2-9-8(11)4-5-10-12(16)6-7-13(17)14(9)10/h1-2,4-5,7H. The highest BCUT2D eigenvalue weighted by molar-refractivity contribution is 6.07. The summed E-state index contributed by atoms with van der Waals surface area (Å²) < 4.78 is 40.6. The number of benzene rings is 3. The molecule has 0 atom stereocenters. The third-order valence-electron chi connectivity index (χ3n) is 2.74. The molecule has 3 heteroatoms. The Kier molecular flexibility index (Phi) is 2.08. The second-order valence-corrected chi connectivity index (χ2v) is 3.69. The van der Waals surface area contributed by atoms with Crippen molar-refractivity contribution in [3.8, 4) is 0 Å². The molecule has 17 heavy (non-hydrogen) atoms. The fraction of sp³-hybridized carbons (Fsp3) is 0. The van der Waals surface area contributed by atoms with Gasteiger partial charge in [-0.15, -0.1) is 0 Å². The predicted octanol–water partition coefficient (Wildman–Crippen LogP) is 4.01. The molecule has 0 heterocycles. The summed E-state index contributed by atoms with van der Waals surface area (Å²) >= 11 is 0. The molecule has 0 amide bonds. The molecule has 0 spiro atoms. The third kappa shape index (κ3) is 1.39. The van der Waals surface area contributed by atoms with E-state index in [1.54, 1.807) is 0 Å². The zero-order valence-corrected chi connectivity index (χ0v) is 8.52. The van der Waals surface area contributed by atoms with Crippen LogP contribution in [-0.4, -0.2) is 0 Å². The first kappa shape index (κ1) is 10.1. The average molecular weight is 230 g/mol. The molecule has 0 saturated carbocycles. The van der Waals surface area contributed by atoms with Gasteiger partial charge in [0.25, 0.3) is 0 Å². The fourth-order valence-electron chi connectivity index (χ4n) is 1.98. The van der Waals surface area contributed by atoms with Crippen LogP contribution in [0.4, 0.5) is 13.2 Å². The van der Waals surface area contributed by atoms with Crippen molar-refractivity contribution in [2.24, 2.45) is 0 Å². The van der Waals surface area contributed by atoms with E-state index in [-0.39, 0.29) is 16.2 Å². The van der Waals surface area contributed by atoms with Gasteiger partial charge in [-0.1, -0.05) is 24.3 Å². The van der Waals surface area contributed by atoms with Crippen LogP contribution in [-0.2, 0) is 0 Å². The maximum atomic E-state index is 13.7. The SMILES string of the molecule is Fc1[c]ccc2c1ccc1c(F)[c]cc(F)c12. The van der Waals surface area contributed by atoms with Gasteiger partial charge in [-0.3, -0.25) is 0 Å². The van der Waals surface area contributed by atoms with Gasteiger partial charge in [0, 0.05) is 28.3 Å². The number of fused-ring (bicyclic) bond motifs is 3. The summed E-state index contributed by atoms with van der Waals surface area (Å²) in [6.07, 6.45) is 0. The molecule has 2 radical (unpaired) electrons. The van der Waals surface area contributed by atoms with Gasteiger partial charge in [-0.25, -0.2) is 13.2 Å². The van der Waals surface area contributed by atoms with Crippen LogP contribution in [0.5, 0.6) is 0 Å². The summed E-state index contributed by atoms with van der Waals surface area (Å²) in [6.45, 7) is 0. The predicted molar refractivity (Wildman–Crippen MR) is 59.0 cm³/mol. The lowest BCUT2D eigenvalue weighted by atomic mass is 10.0. The van der Waals surface area contributed by atoms with E-state index in [1.807, 2.05) is 0 Å². The van der Waals surface area contributed by atoms with Crippen LogP contribution >= 0.6 is 0 Å². The van der Waals surface area contributed by atoms with Crippen LogP contribution in [0.25, 0.3) is 21.5 Å². The van der Waals surface area contributed by atoms with Crippen molar-refractivity contribution in [1.29, 1.82) is 0 Å². The highest BCUT2D eigenvalue weighted by atomic mass is 19.1. The largest absolute Gasteiger partial charge is 0.206 e. The van der Waals surface area contributed by atoms with Crippen LogP contribution in [0, 0.1) is 29.6 Å². The Labute approximate surface area is 95.3 Å². The monoisotopic (exact) mass is 230 g/mol. The van der Waals surface area contributed by atoms with Crippen molar-refractivity contribution in [2.45, 2.75) is 0 Å². The summed E-state index contributed by atoms with van der Waals surface area (Å²) in [4.78, 5) is 0. The minimum Gasteiger partial charge on any atom is -0.206 e. The molecule has 0 fully saturated rings. The Morgan fingerprint density at radius 3 is 2.29 bits per heavy atom. The first-order valence-corrected chi connectivity index (χ1v) is 4.97. The molecule has 3 aromatic carbocycles. The molecular formula is C14H5F3. The molecule has 0 unspecified atom stereocenters. The number of halogens is 3. The molecule has 0 nitrogen and oxygen atoms in total. The van der Waals surface area contributed by atoms with Gasteiger partial charge in [0.2, 0.25) is 0 Å². The molecule has 0 N–H and O–H groups in total. The lowest BCUT2D eigenvalue weighted by molar-refractivity contribution is 0.616. The fourth-order valence-corrected chi connectivity index (χ4v) is 1.98. The van der Waals surface area contributed by atoms with Gasteiger partial charge in [-0.05, 0) is 11.5 Å². The van der Waals surface area contributed by atoms with Gasteiger partial charge in [0.1, 0.15) is 17.5 Å². The summed E-state index contributed by atoms with van der Waals surface area (Å²) in [5.74, 6) is -1.83. The lowest BCUT2D eigenvalue weighted by Crippen LogP contribution is -1.88. The van der Waals surface area contributed by atoms with Crippen LogP contribution in [0.2, 0.25) is 0 Å². The summed E-state index contributed by atoms with van der Waals surface area (Å²) in [7, 11) is 0. The Morgan fingerprint density at radius 2 is 1.47 bits per heavy atom. The van der Waals surface area contributed by atoms with Crippen molar-refractivity contribution in [3.63, 3.8) is 0 Å². The molecule has 3 aromatic rings. The second kappa shape index (κ2) is 3.48. The Hall–Kier alpha value is -2.03. The Bertz CT molecular complexity index is 732. The first-order chi connectivity index (χ1) is 8.18. The van der Waals surface area contributed by atoms with E-state index in [4.69, 9.17) is 0 Å². The van der Waals surface area contributed by atoms with Crippen LogP contribution in [0.15, 0.2) is 30.3 Å². The van der Waals surface area contributed by atoms with Crippen molar-refractivity contribution in [2.75, 3.05) is 0 Å². The minimum atomic E-state index is -0.642. The van der Waals surface area contributed by atoms with Crippen molar-refractivity contribution in [3.05, 3.63) is 59.9 Å². The normalized spacial score (nSPS) is 11.2. The summed E-state index contributed by atoms with van der Waals surface area (Å²) in [5, 5.41) is 0.739. The maximum Gasteiger partial charge on any atom is 0.139 e. The number of hydrogen-bond acceptors (Lipinski definition) is 0. The highest BCUT2D eigenvalue weighted by Gasteiger charge is 2.11. The van der Waals surface area contributed by atoms with Crippen LogP contribution in [0.3, 0.4) is 0 Å². The van der Waals surface area contributed by atoms with Gasteiger partial charge < -0.3 is 0 Å². The average Bonchev–Trinajstić information content (AvgIpc) is 2.33. The number of hydrogen-bond donors (Lipinski definition) is 0. The van der Waals surface area contributed by atoms with Crippen molar-refractivity contribution in [1.82, 2.24) is 0 Å². The van der Waals surface area contributed by atoms with E-state index in [2.05, 4.69) is 12.1 Å². The van der Waals surface area contributed by atoms with E-state index >= 15 is 0 Å². The second-order valence-electron chi connectivity index (χ2n) is 3.69. The molecule has 0 aliphatic carbocycles. The summed E-state index contributed by atoms with van der Waals surface area (Å²) in [6, 6.07) is 11.1. The van der Waals surface area contributed by atoms with Gasteiger partial charge in [-0.2, -0.15) is 0 Å². The van der Waals surface area contributed by atoms with Gasteiger partial charge >= 0.3 is 0 Å². The smallest absolute Gasteiger partial charge is 0.139 e. The molecule has 82 valence electrons. The van der Waals surface area contributed by atoms with Crippen LogP contribution < -0.4 is 0 Å². The highest BCUT2D eigenvalue weighted by Crippen LogP contribution is 2.30. The molecular weight excluding hydrogens is 225 g/mol. The van der Waals surface area contributed by atoms with E-state index in [0.717, 1.165) is 6.07 Å². The van der Waals surface area contributed by atoms with E-state index < -0.39 is 17.5 Å². The van der Waals surface area contributed by atoms with Crippen LogP contribution in [0.1, 0.15) is 0 Å². The van der Waals surface area contributed by atoms with Crippen molar-refractivity contribution < 1.29 is 13.2 Å². The first-order valence-electron chi connectivity index (χ1n) is 4.97. The van der Waals surface area contributed by atoms with E-state index in [0.29, 0.717) is 5.39 Å². The lowest BCUT2D eigenvalue weighted by Gasteiger charge is -2.06. The number of rotatable bonds is 0. The Balaban J connectivity index is 2.65. The summed E-state index contributed by atoms with van der Waals surface area (Å²) in [5.41, 5.74) is 0. The topological polar surface area (TPSA) is 0 Å². The minimum absolute atomic E-state index is 0.0756. The van der Waals surface area contributed by atoms with E-state index in [9.17, 15) is 13.2 Å². The van der Waals surface area contributed by atoms with Gasteiger partial charge in [0.05, 0.1) is 0 Å².